The van der Waals surface area contributed by atoms with Crippen LogP contribution in [0.25, 0.3) is 0 Å². The fraction of sp³-hybridized carbons (Fsp3) is 0.611. The quantitative estimate of drug-likeness (QED) is 0.371. The Labute approximate surface area is 137 Å². The summed E-state index contributed by atoms with van der Waals surface area (Å²) in [4.78, 5) is 12.0. The largest absolute Gasteiger partial charge is 0.378 e. The third-order valence-corrected chi connectivity index (χ3v) is 4.11. The Kier molecular flexibility index (Phi) is 9.60. The first-order chi connectivity index (χ1) is 10.1. The highest BCUT2D eigenvalue weighted by Crippen LogP contribution is 2.13. The number of hydrogen-bond donors (Lipinski definition) is 0. The van der Waals surface area contributed by atoms with Gasteiger partial charge in [-0.2, -0.15) is 0 Å². The van der Waals surface area contributed by atoms with Crippen molar-refractivity contribution in [2.45, 2.75) is 64.9 Å². The summed E-state index contributed by atoms with van der Waals surface area (Å²) in [5.74, 6) is 0.196. The van der Waals surface area contributed by atoms with Gasteiger partial charge in [-0.15, -0.1) is 0 Å². The summed E-state index contributed by atoms with van der Waals surface area (Å²) in [7, 11) is 0. The van der Waals surface area contributed by atoms with Crippen molar-refractivity contribution in [1.82, 2.24) is 0 Å². The van der Waals surface area contributed by atoms with Crippen molar-refractivity contribution in [2.75, 3.05) is 6.61 Å². The van der Waals surface area contributed by atoms with E-state index in [-0.39, 0.29) is 5.78 Å². The molecule has 0 fully saturated rings. The molecule has 0 radical (unpaired) electrons. The Bertz CT molecular complexity index is 400. The normalized spacial score (nSPS) is 12.3. The summed E-state index contributed by atoms with van der Waals surface area (Å²) in [6.45, 7) is 5.03. The van der Waals surface area contributed by atoms with Crippen LogP contribution in [0.1, 0.15) is 69.2 Å². The zero-order valence-electron chi connectivity index (χ0n) is 13.2. The molecule has 2 nitrogen and oxygen atoms in total. The SMILES string of the molecule is CCCCCCC(C)OCCCC(=O)c1ccc(Br)cc1. The fourth-order valence-electron chi connectivity index (χ4n) is 2.24. The van der Waals surface area contributed by atoms with Crippen molar-refractivity contribution in [3.8, 4) is 0 Å². The van der Waals surface area contributed by atoms with Gasteiger partial charge in [0.25, 0.3) is 0 Å². The third-order valence-electron chi connectivity index (χ3n) is 3.58. The first-order valence-electron chi connectivity index (χ1n) is 8.04. The molecule has 3 heteroatoms. The number of carbonyl (C=O) groups excluding carboxylic acids is 1. The second-order valence-electron chi connectivity index (χ2n) is 5.56. The molecule has 0 bridgehead atoms. The molecule has 1 unspecified atom stereocenters. The second-order valence-corrected chi connectivity index (χ2v) is 6.48. The van der Waals surface area contributed by atoms with E-state index in [4.69, 9.17) is 4.74 Å². The molecule has 0 N–H and O–H groups in total. The van der Waals surface area contributed by atoms with Crippen LogP contribution in [-0.4, -0.2) is 18.5 Å². The van der Waals surface area contributed by atoms with Crippen molar-refractivity contribution >= 4 is 21.7 Å². The van der Waals surface area contributed by atoms with E-state index < -0.39 is 0 Å². The van der Waals surface area contributed by atoms with E-state index >= 15 is 0 Å². The maximum Gasteiger partial charge on any atom is 0.162 e. The maximum absolute atomic E-state index is 12.0. The third kappa shape index (κ3) is 8.37. The summed E-state index contributed by atoms with van der Waals surface area (Å²) in [6.07, 6.45) is 7.92. The maximum atomic E-state index is 12.0. The van der Waals surface area contributed by atoms with E-state index in [1.165, 1.54) is 25.7 Å². The van der Waals surface area contributed by atoms with E-state index in [1.807, 2.05) is 24.3 Å². The monoisotopic (exact) mass is 354 g/mol. The van der Waals surface area contributed by atoms with Gasteiger partial charge in [0.1, 0.15) is 0 Å². The van der Waals surface area contributed by atoms with Crippen molar-refractivity contribution < 1.29 is 9.53 Å². The molecule has 118 valence electrons. The van der Waals surface area contributed by atoms with Crippen LogP contribution in [0.15, 0.2) is 28.7 Å². The van der Waals surface area contributed by atoms with Gasteiger partial charge < -0.3 is 4.74 Å². The van der Waals surface area contributed by atoms with Gasteiger partial charge >= 0.3 is 0 Å². The predicted octanol–water partition coefficient (Wildman–Crippen LogP) is 5.79. The van der Waals surface area contributed by atoms with Crippen LogP contribution in [0.5, 0.6) is 0 Å². The van der Waals surface area contributed by atoms with Gasteiger partial charge in [-0.1, -0.05) is 60.7 Å². The molecule has 1 aromatic carbocycles. The van der Waals surface area contributed by atoms with Crippen LogP contribution < -0.4 is 0 Å². The Balaban J connectivity index is 2.10. The van der Waals surface area contributed by atoms with Crippen LogP contribution in [0.3, 0.4) is 0 Å². The highest BCUT2D eigenvalue weighted by molar-refractivity contribution is 9.10. The Hall–Kier alpha value is -0.670. The Morgan fingerprint density at radius 3 is 2.52 bits per heavy atom. The lowest BCUT2D eigenvalue weighted by Gasteiger charge is -2.12. The minimum atomic E-state index is 0.196. The van der Waals surface area contributed by atoms with Crippen LogP contribution in [0.2, 0.25) is 0 Å². The van der Waals surface area contributed by atoms with E-state index in [0.29, 0.717) is 19.1 Å². The number of ketones is 1. The summed E-state index contributed by atoms with van der Waals surface area (Å²) in [6, 6.07) is 7.54. The summed E-state index contributed by atoms with van der Waals surface area (Å²) in [5, 5.41) is 0. The number of hydrogen-bond acceptors (Lipinski definition) is 2. The molecule has 1 rings (SSSR count). The lowest BCUT2D eigenvalue weighted by Crippen LogP contribution is -2.10. The highest BCUT2D eigenvalue weighted by atomic mass is 79.9. The second kappa shape index (κ2) is 11.0. The van der Waals surface area contributed by atoms with Crippen LogP contribution in [0.4, 0.5) is 0 Å². The van der Waals surface area contributed by atoms with Crippen LogP contribution >= 0.6 is 15.9 Å². The zero-order valence-corrected chi connectivity index (χ0v) is 14.8. The summed E-state index contributed by atoms with van der Waals surface area (Å²) >= 11 is 3.37. The minimum Gasteiger partial charge on any atom is -0.378 e. The highest BCUT2D eigenvalue weighted by Gasteiger charge is 2.06. The topological polar surface area (TPSA) is 26.3 Å². The molecule has 1 aromatic rings. The summed E-state index contributed by atoms with van der Waals surface area (Å²) in [5.41, 5.74) is 0.783. The average Bonchev–Trinajstić information content (AvgIpc) is 2.48. The van der Waals surface area contributed by atoms with Crippen LogP contribution in [0, 0.1) is 0 Å². The van der Waals surface area contributed by atoms with Crippen molar-refractivity contribution in [2.24, 2.45) is 0 Å². The lowest BCUT2D eigenvalue weighted by atomic mass is 10.1. The Morgan fingerprint density at radius 2 is 1.86 bits per heavy atom. The molecule has 21 heavy (non-hydrogen) atoms. The Morgan fingerprint density at radius 1 is 1.14 bits per heavy atom. The molecular weight excluding hydrogens is 328 g/mol. The number of halogens is 1. The predicted molar refractivity (Wildman–Crippen MR) is 91.9 cm³/mol. The molecule has 1 atom stereocenters. The standard InChI is InChI=1S/C18H27BrO2/c1-3-4-5-6-8-15(2)21-14-7-9-18(20)16-10-12-17(19)13-11-16/h10-13,15H,3-9,14H2,1-2H3. The molecule has 0 aromatic heterocycles. The number of unbranched alkanes of at least 4 members (excludes halogenated alkanes) is 3. The minimum absolute atomic E-state index is 0.196. The van der Waals surface area contributed by atoms with Gasteiger partial charge in [0, 0.05) is 23.1 Å². The average molecular weight is 355 g/mol. The van der Waals surface area contributed by atoms with Gasteiger partial charge in [-0.05, 0) is 31.9 Å². The molecule has 0 heterocycles. The van der Waals surface area contributed by atoms with Gasteiger partial charge in [0.15, 0.2) is 5.78 Å². The summed E-state index contributed by atoms with van der Waals surface area (Å²) < 4.78 is 6.77. The molecular formula is C18H27BrO2. The fourth-order valence-corrected chi connectivity index (χ4v) is 2.50. The van der Waals surface area contributed by atoms with Crippen molar-refractivity contribution in [3.63, 3.8) is 0 Å². The molecule has 0 spiro atoms. The molecule has 0 aliphatic heterocycles. The van der Waals surface area contributed by atoms with E-state index in [9.17, 15) is 4.79 Å². The van der Waals surface area contributed by atoms with Crippen LogP contribution in [-0.2, 0) is 4.74 Å². The zero-order chi connectivity index (χ0) is 15.5. The smallest absolute Gasteiger partial charge is 0.162 e. The first kappa shape index (κ1) is 18.4. The van der Waals surface area contributed by atoms with E-state index in [2.05, 4.69) is 29.8 Å². The lowest BCUT2D eigenvalue weighted by molar-refractivity contribution is 0.0546. The number of rotatable bonds is 11. The molecule has 0 aliphatic carbocycles. The number of ether oxygens (including phenoxy) is 1. The van der Waals surface area contributed by atoms with E-state index in [0.717, 1.165) is 22.9 Å². The van der Waals surface area contributed by atoms with Gasteiger partial charge in [-0.3, -0.25) is 4.79 Å². The molecule has 0 aliphatic rings. The number of benzene rings is 1. The van der Waals surface area contributed by atoms with Gasteiger partial charge in [0.05, 0.1) is 6.10 Å². The van der Waals surface area contributed by atoms with E-state index in [1.54, 1.807) is 0 Å². The molecule has 0 saturated carbocycles. The van der Waals surface area contributed by atoms with Gasteiger partial charge in [0.2, 0.25) is 0 Å². The first-order valence-corrected chi connectivity index (χ1v) is 8.83. The molecule has 0 saturated heterocycles. The molecule has 0 amide bonds. The number of Topliss-reactive ketones (excluding diaryl/α,β-unsaturated/α-hetero) is 1. The van der Waals surface area contributed by atoms with Crippen molar-refractivity contribution in [3.05, 3.63) is 34.3 Å². The van der Waals surface area contributed by atoms with Crippen molar-refractivity contribution in [1.29, 1.82) is 0 Å². The number of carbonyl (C=O) groups is 1. The van der Waals surface area contributed by atoms with Gasteiger partial charge in [-0.25, -0.2) is 0 Å².